The molecule has 23 heavy (non-hydrogen) atoms. The molecule has 1 aromatic carbocycles. The van der Waals surface area contributed by atoms with E-state index in [1.54, 1.807) is 0 Å². The lowest BCUT2D eigenvalue weighted by Gasteiger charge is -2.14. The summed E-state index contributed by atoms with van der Waals surface area (Å²) in [6.07, 6.45) is 5.75. The maximum Gasteiger partial charge on any atom is 0.258 e. The highest BCUT2D eigenvalue weighted by Crippen LogP contribution is 2.36. The summed E-state index contributed by atoms with van der Waals surface area (Å²) in [5.74, 6) is -0.0866. The number of carbonyl (C=O) groups excluding carboxylic acids is 2. The zero-order valence-corrected chi connectivity index (χ0v) is 12.5. The van der Waals surface area contributed by atoms with Crippen LogP contribution in [-0.2, 0) is 16.0 Å². The van der Waals surface area contributed by atoms with E-state index < -0.39 is 0 Å². The molecule has 1 aliphatic carbocycles. The molecular formula is C17H16N4O2. The minimum Gasteiger partial charge on any atom is -0.274 e. The number of hydrogen-bond acceptors (Lipinski definition) is 4. The van der Waals surface area contributed by atoms with Crippen molar-refractivity contribution in [2.24, 2.45) is 11.8 Å². The van der Waals surface area contributed by atoms with E-state index >= 15 is 0 Å². The number of fused-ring (bicyclic) bond motifs is 1. The fourth-order valence-electron chi connectivity index (χ4n) is 3.25. The molecule has 2 aromatic rings. The number of aromatic amines is 1. The van der Waals surface area contributed by atoms with E-state index in [9.17, 15) is 9.59 Å². The standard InChI is InChI=1S/C17H16N4O2/c22-15-12-8-4-5-9-13(12)16(23)21(15)17-18-14(19-20-17)10-11-6-2-1-3-7-11/h1-7,12-13H,8-10H2,(H,18,19,20)/t12-,13-/m0/s1. The molecule has 6 nitrogen and oxygen atoms in total. The van der Waals surface area contributed by atoms with Crippen LogP contribution in [0, 0.1) is 11.8 Å². The fourth-order valence-corrected chi connectivity index (χ4v) is 3.25. The minimum absolute atomic E-state index is 0.167. The van der Waals surface area contributed by atoms with Gasteiger partial charge in [-0.05, 0) is 18.4 Å². The number of nitrogens with zero attached hydrogens (tertiary/aromatic N) is 3. The van der Waals surface area contributed by atoms with Gasteiger partial charge < -0.3 is 0 Å². The van der Waals surface area contributed by atoms with E-state index in [1.807, 2.05) is 42.5 Å². The SMILES string of the molecule is O=C1[C@H]2CC=CC[C@@H]2C(=O)N1c1n[nH]c(Cc2ccccc2)n1. The highest BCUT2D eigenvalue weighted by molar-refractivity contribution is 6.21. The third-order valence-electron chi connectivity index (χ3n) is 4.44. The van der Waals surface area contributed by atoms with Gasteiger partial charge >= 0.3 is 0 Å². The van der Waals surface area contributed by atoms with Gasteiger partial charge in [-0.2, -0.15) is 4.98 Å². The number of anilines is 1. The molecule has 2 heterocycles. The molecule has 1 fully saturated rings. The minimum atomic E-state index is -0.261. The second-order valence-electron chi connectivity index (χ2n) is 5.91. The number of carbonyl (C=O) groups is 2. The van der Waals surface area contributed by atoms with Crippen LogP contribution in [0.3, 0.4) is 0 Å². The summed E-state index contributed by atoms with van der Waals surface area (Å²) in [7, 11) is 0. The summed E-state index contributed by atoms with van der Waals surface area (Å²) in [5.41, 5.74) is 1.09. The van der Waals surface area contributed by atoms with Crippen molar-refractivity contribution in [3.8, 4) is 0 Å². The molecule has 6 heteroatoms. The molecule has 0 spiro atoms. The van der Waals surface area contributed by atoms with Gasteiger partial charge in [0.25, 0.3) is 5.95 Å². The summed E-state index contributed by atoms with van der Waals surface area (Å²) < 4.78 is 0. The molecule has 1 saturated heterocycles. The van der Waals surface area contributed by atoms with Crippen LogP contribution in [0.5, 0.6) is 0 Å². The number of amides is 2. The van der Waals surface area contributed by atoms with Crippen LogP contribution in [0.1, 0.15) is 24.2 Å². The Bertz CT molecular complexity index is 755. The van der Waals surface area contributed by atoms with Crippen molar-refractivity contribution in [3.05, 3.63) is 53.9 Å². The molecule has 1 aliphatic heterocycles. The summed E-state index contributed by atoms with van der Waals surface area (Å²) in [4.78, 5) is 30.5. The Labute approximate surface area is 133 Å². The monoisotopic (exact) mass is 308 g/mol. The molecule has 2 aliphatic rings. The molecule has 0 bridgehead atoms. The fraction of sp³-hybridized carbons (Fsp3) is 0.294. The van der Waals surface area contributed by atoms with Crippen molar-refractivity contribution in [2.45, 2.75) is 19.3 Å². The number of aromatic nitrogens is 3. The summed E-state index contributed by atoms with van der Waals surface area (Å²) >= 11 is 0. The van der Waals surface area contributed by atoms with Crippen LogP contribution >= 0.6 is 0 Å². The zero-order valence-electron chi connectivity index (χ0n) is 12.5. The number of imide groups is 1. The molecule has 116 valence electrons. The second-order valence-corrected chi connectivity index (χ2v) is 5.91. The first-order chi connectivity index (χ1) is 11.2. The van der Waals surface area contributed by atoms with E-state index in [0.29, 0.717) is 25.1 Å². The molecule has 0 unspecified atom stereocenters. The maximum absolute atomic E-state index is 12.5. The Kier molecular flexibility index (Phi) is 3.29. The lowest BCUT2D eigenvalue weighted by Crippen LogP contribution is -2.31. The predicted octanol–water partition coefficient (Wildman–Crippen LogP) is 1.85. The Morgan fingerprint density at radius 3 is 2.35 bits per heavy atom. The van der Waals surface area contributed by atoms with Crippen LogP contribution < -0.4 is 4.90 Å². The normalized spacial score (nSPS) is 23.4. The predicted molar refractivity (Wildman–Crippen MR) is 83.5 cm³/mol. The average molecular weight is 308 g/mol. The van der Waals surface area contributed by atoms with Gasteiger partial charge in [0.1, 0.15) is 5.82 Å². The first-order valence-corrected chi connectivity index (χ1v) is 7.72. The van der Waals surface area contributed by atoms with Gasteiger partial charge in [0.05, 0.1) is 11.8 Å². The van der Waals surface area contributed by atoms with Gasteiger partial charge in [0.15, 0.2) is 0 Å². The van der Waals surface area contributed by atoms with Crippen LogP contribution in [0.2, 0.25) is 0 Å². The quantitative estimate of drug-likeness (QED) is 0.693. The summed E-state index contributed by atoms with van der Waals surface area (Å²) in [6, 6.07) is 9.85. The van der Waals surface area contributed by atoms with Crippen molar-refractivity contribution in [1.82, 2.24) is 15.2 Å². The number of benzene rings is 1. The van der Waals surface area contributed by atoms with E-state index in [4.69, 9.17) is 0 Å². The van der Waals surface area contributed by atoms with Crippen LogP contribution in [0.25, 0.3) is 0 Å². The summed E-state index contributed by atoms with van der Waals surface area (Å²) in [6.45, 7) is 0. The Balaban J connectivity index is 1.57. The van der Waals surface area contributed by atoms with Gasteiger partial charge in [0.2, 0.25) is 11.8 Å². The Morgan fingerprint density at radius 1 is 1.04 bits per heavy atom. The largest absolute Gasteiger partial charge is 0.274 e. The molecule has 0 saturated carbocycles. The number of H-pyrrole nitrogens is 1. The van der Waals surface area contributed by atoms with Crippen LogP contribution in [0.15, 0.2) is 42.5 Å². The lowest BCUT2D eigenvalue weighted by molar-refractivity contribution is -0.122. The molecular weight excluding hydrogens is 292 g/mol. The molecule has 1 N–H and O–H groups in total. The number of nitrogens with one attached hydrogen (secondary N) is 1. The first-order valence-electron chi connectivity index (χ1n) is 7.72. The van der Waals surface area contributed by atoms with Crippen molar-refractivity contribution >= 4 is 17.8 Å². The van der Waals surface area contributed by atoms with Gasteiger partial charge in [-0.15, -0.1) is 5.10 Å². The molecule has 1 aromatic heterocycles. The summed E-state index contributed by atoms with van der Waals surface area (Å²) in [5, 5.41) is 6.91. The van der Waals surface area contributed by atoms with Crippen LogP contribution in [-0.4, -0.2) is 27.0 Å². The third-order valence-corrected chi connectivity index (χ3v) is 4.44. The van der Waals surface area contributed by atoms with Crippen LogP contribution in [0.4, 0.5) is 5.95 Å². The highest BCUT2D eigenvalue weighted by atomic mass is 16.2. The van der Waals surface area contributed by atoms with E-state index in [-0.39, 0.29) is 29.6 Å². The zero-order chi connectivity index (χ0) is 15.8. The molecule has 2 atom stereocenters. The van der Waals surface area contributed by atoms with Crippen molar-refractivity contribution in [1.29, 1.82) is 0 Å². The van der Waals surface area contributed by atoms with E-state index in [0.717, 1.165) is 10.5 Å². The number of allylic oxidation sites excluding steroid dienone is 2. The number of hydrogen-bond donors (Lipinski definition) is 1. The van der Waals surface area contributed by atoms with E-state index in [1.165, 1.54) is 0 Å². The maximum atomic E-state index is 12.5. The first kappa shape index (κ1) is 13.9. The topological polar surface area (TPSA) is 79.0 Å². The third kappa shape index (κ3) is 2.36. The highest BCUT2D eigenvalue weighted by Gasteiger charge is 2.49. The lowest BCUT2D eigenvalue weighted by atomic mass is 9.85. The second kappa shape index (κ2) is 5.46. The molecule has 2 amide bonds. The van der Waals surface area contributed by atoms with Gasteiger partial charge in [-0.3, -0.25) is 14.7 Å². The van der Waals surface area contributed by atoms with Crippen molar-refractivity contribution in [3.63, 3.8) is 0 Å². The van der Waals surface area contributed by atoms with Crippen molar-refractivity contribution < 1.29 is 9.59 Å². The smallest absolute Gasteiger partial charge is 0.258 e. The Morgan fingerprint density at radius 2 is 1.70 bits per heavy atom. The van der Waals surface area contributed by atoms with E-state index in [2.05, 4.69) is 15.2 Å². The molecule has 4 rings (SSSR count). The van der Waals surface area contributed by atoms with Gasteiger partial charge in [-0.1, -0.05) is 42.5 Å². The molecule has 0 radical (unpaired) electrons. The number of rotatable bonds is 3. The average Bonchev–Trinajstić information content (AvgIpc) is 3.12. The van der Waals surface area contributed by atoms with Crippen molar-refractivity contribution in [2.75, 3.05) is 4.90 Å². The van der Waals surface area contributed by atoms with Gasteiger partial charge in [-0.25, -0.2) is 4.90 Å². The van der Waals surface area contributed by atoms with Gasteiger partial charge in [0, 0.05) is 6.42 Å². The Hall–Kier alpha value is -2.76.